The predicted molar refractivity (Wildman–Crippen MR) is 74.8 cm³/mol. The summed E-state index contributed by atoms with van der Waals surface area (Å²) in [6.07, 6.45) is 4.58. The summed E-state index contributed by atoms with van der Waals surface area (Å²) < 4.78 is 19.3. The van der Waals surface area contributed by atoms with Gasteiger partial charge in [0, 0.05) is 5.56 Å². The first-order chi connectivity index (χ1) is 8.72. The Morgan fingerprint density at radius 2 is 2.11 bits per heavy atom. The van der Waals surface area contributed by atoms with Crippen LogP contribution in [-0.4, -0.2) is 6.61 Å². The van der Waals surface area contributed by atoms with Crippen LogP contribution in [0.1, 0.15) is 45.1 Å². The molecule has 1 rings (SSSR count). The molecule has 0 heterocycles. The van der Waals surface area contributed by atoms with E-state index in [1.165, 1.54) is 18.9 Å². The summed E-state index contributed by atoms with van der Waals surface area (Å²) in [6, 6.07) is 4.88. The number of rotatable bonds is 8. The molecule has 1 aromatic carbocycles. The standard InChI is InChI=1S/C15H22ClFO/c1-3-5-7-12(4-2)11-18-15-13(10-16)8-6-9-14(15)17/h6,8-9,12H,3-5,7,10-11H2,1-2H3. The highest BCUT2D eigenvalue weighted by Gasteiger charge is 2.12. The zero-order valence-electron chi connectivity index (χ0n) is 11.2. The predicted octanol–water partition coefficient (Wildman–Crippen LogP) is 5.16. The molecular formula is C15H22ClFO. The molecule has 0 aliphatic carbocycles. The van der Waals surface area contributed by atoms with Gasteiger partial charge in [0.05, 0.1) is 12.5 Å². The van der Waals surface area contributed by atoms with E-state index in [2.05, 4.69) is 13.8 Å². The SMILES string of the molecule is CCCCC(CC)COc1c(F)cccc1CCl. The number of ether oxygens (including phenoxy) is 1. The Morgan fingerprint density at radius 3 is 2.72 bits per heavy atom. The minimum Gasteiger partial charge on any atom is -0.490 e. The summed E-state index contributed by atoms with van der Waals surface area (Å²) >= 11 is 5.79. The van der Waals surface area contributed by atoms with Gasteiger partial charge in [-0.2, -0.15) is 0 Å². The van der Waals surface area contributed by atoms with Gasteiger partial charge in [-0.15, -0.1) is 11.6 Å². The van der Waals surface area contributed by atoms with Crippen LogP contribution in [0.2, 0.25) is 0 Å². The number of halogens is 2. The average Bonchev–Trinajstić information content (AvgIpc) is 2.40. The quantitative estimate of drug-likeness (QED) is 0.594. The molecule has 1 aromatic rings. The van der Waals surface area contributed by atoms with Crippen LogP contribution in [0.25, 0.3) is 0 Å². The van der Waals surface area contributed by atoms with Crippen molar-refractivity contribution < 1.29 is 9.13 Å². The van der Waals surface area contributed by atoms with E-state index >= 15 is 0 Å². The second-order valence-corrected chi connectivity index (χ2v) is 4.86. The Kier molecular flexibility index (Phi) is 7.11. The summed E-state index contributed by atoms with van der Waals surface area (Å²) in [5.41, 5.74) is 0.724. The van der Waals surface area contributed by atoms with E-state index in [1.807, 2.05) is 0 Å². The molecule has 0 bridgehead atoms. The summed E-state index contributed by atoms with van der Waals surface area (Å²) in [6.45, 7) is 4.89. The average molecular weight is 273 g/mol. The topological polar surface area (TPSA) is 9.23 Å². The first-order valence-electron chi connectivity index (χ1n) is 6.69. The van der Waals surface area contributed by atoms with Crippen LogP contribution in [-0.2, 0) is 5.88 Å². The normalized spacial score (nSPS) is 12.4. The van der Waals surface area contributed by atoms with E-state index < -0.39 is 0 Å². The maximum Gasteiger partial charge on any atom is 0.165 e. The van der Waals surface area contributed by atoms with Crippen molar-refractivity contribution in [3.63, 3.8) is 0 Å². The highest BCUT2D eigenvalue weighted by atomic mass is 35.5. The molecule has 0 N–H and O–H groups in total. The third-order valence-electron chi connectivity index (χ3n) is 3.20. The number of hydrogen-bond donors (Lipinski definition) is 0. The molecule has 1 nitrogen and oxygen atoms in total. The van der Waals surface area contributed by atoms with Gasteiger partial charge in [0.1, 0.15) is 0 Å². The van der Waals surface area contributed by atoms with Crippen molar-refractivity contribution in [1.29, 1.82) is 0 Å². The molecule has 0 aliphatic heterocycles. The molecule has 0 radical (unpaired) electrons. The van der Waals surface area contributed by atoms with Gasteiger partial charge in [-0.05, 0) is 18.4 Å². The van der Waals surface area contributed by atoms with E-state index in [0.29, 0.717) is 18.3 Å². The first kappa shape index (κ1) is 15.3. The molecule has 0 aliphatic rings. The lowest BCUT2D eigenvalue weighted by Gasteiger charge is -2.17. The van der Waals surface area contributed by atoms with Gasteiger partial charge in [0.25, 0.3) is 0 Å². The number of alkyl halides is 1. The molecule has 18 heavy (non-hydrogen) atoms. The Morgan fingerprint density at radius 1 is 1.33 bits per heavy atom. The van der Waals surface area contributed by atoms with Crippen LogP contribution in [0.5, 0.6) is 5.75 Å². The molecule has 0 spiro atoms. The largest absolute Gasteiger partial charge is 0.490 e. The lowest BCUT2D eigenvalue weighted by molar-refractivity contribution is 0.223. The second kappa shape index (κ2) is 8.36. The summed E-state index contributed by atoms with van der Waals surface area (Å²) in [4.78, 5) is 0. The van der Waals surface area contributed by atoms with Gasteiger partial charge in [-0.1, -0.05) is 45.2 Å². The minimum absolute atomic E-state index is 0.277. The van der Waals surface area contributed by atoms with Crippen LogP contribution in [0.3, 0.4) is 0 Å². The Balaban J connectivity index is 2.61. The van der Waals surface area contributed by atoms with Crippen LogP contribution < -0.4 is 4.74 Å². The van der Waals surface area contributed by atoms with Crippen molar-refractivity contribution >= 4 is 11.6 Å². The number of unbranched alkanes of at least 4 members (excludes halogenated alkanes) is 1. The third kappa shape index (κ3) is 4.49. The van der Waals surface area contributed by atoms with Gasteiger partial charge >= 0.3 is 0 Å². The Labute approximate surface area is 114 Å². The Hall–Kier alpha value is -0.760. The fourth-order valence-corrected chi connectivity index (χ4v) is 2.13. The van der Waals surface area contributed by atoms with Crippen molar-refractivity contribution in [1.82, 2.24) is 0 Å². The van der Waals surface area contributed by atoms with Crippen molar-refractivity contribution in [2.75, 3.05) is 6.61 Å². The smallest absolute Gasteiger partial charge is 0.165 e. The van der Waals surface area contributed by atoms with E-state index in [-0.39, 0.29) is 11.7 Å². The lowest BCUT2D eigenvalue weighted by atomic mass is 10.0. The van der Waals surface area contributed by atoms with Gasteiger partial charge < -0.3 is 4.74 Å². The van der Waals surface area contributed by atoms with Gasteiger partial charge in [-0.25, -0.2) is 4.39 Å². The minimum atomic E-state index is -0.321. The number of hydrogen-bond acceptors (Lipinski definition) is 1. The molecule has 0 saturated carbocycles. The summed E-state index contributed by atoms with van der Waals surface area (Å²) in [5, 5.41) is 0. The van der Waals surface area contributed by atoms with Gasteiger partial charge in [0.15, 0.2) is 11.6 Å². The Bertz CT molecular complexity index is 354. The van der Waals surface area contributed by atoms with Crippen molar-refractivity contribution in [2.45, 2.75) is 45.4 Å². The van der Waals surface area contributed by atoms with Crippen LogP contribution in [0, 0.1) is 11.7 Å². The molecule has 102 valence electrons. The van der Waals surface area contributed by atoms with Gasteiger partial charge in [0.2, 0.25) is 0 Å². The van der Waals surface area contributed by atoms with Crippen molar-refractivity contribution in [2.24, 2.45) is 5.92 Å². The van der Waals surface area contributed by atoms with E-state index in [9.17, 15) is 4.39 Å². The van der Waals surface area contributed by atoms with Crippen molar-refractivity contribution in [3.8, 4) is 5.75 Å². The van der Waals surface area contributed by atoms with E-state index in [1.54, 1.807) is 12.1 Å². The fourth-order valence-electron chi connectivity index (χ4n) is 1.92. The molecule has 0 aromatic heterocycles. The zero-order valence-corrected chi connectivity index (χ0v) is 12.0. The van der Waals surface area contributed by atoms with E-state index in [0.717, 1.165) is 18.4 Å². The maximum atomic E-state index is 13.7. The van der Waals surface area contributed by atoms with Crippen LogP contribution in [0.15, 0.2) is 18.2 Å². The van der Waals surface area contributed by atoms with Gasteiger partial charge in [-0.3, -0.25) is 0 Å². The third-order valence-corrected chi connectivity index (χ3v) is 3.49. The molecule has 0 amide bonds. The highest BCUT2D eigenvalue weighted by Crippen LogP contribution is 2.25. The maximum absolute atomic E-state index is 13.7. The van der Waals surface area contributed by atoms with Crippen LogP contribution >= 0.6 is 11.6 Å². The summed E-state index contributed by atoms with van der Waals surface area (Å²) in [7, 11) is 0. The summed E-state index contributed by atoms with van der Waals surface area (Å²) in [5.74, 6) is 0.771. The molecule has 1 unspecified atom stereocenters. The zero-order chi connectivity index (χ0) is 13.4. The molecule has 0 fully saturated rings. The highest BCUT2D eigenvalue weighted by molar-refractivity contribution is 6.17. The number of benzene rings is 1. The lowest BCUT2D eigenvalue weighted by Crippen LogP contribution is -2.12. The fraction of sp³-hybridized carbons (Fsp3) is 0.600. The molecule has 1 atom stereocenters. The molecule has 3 heteroatoms. The molecular weight excluding hydrogens is 251 g/mol. The second-order valence-electron chi connectivity index (χ2n) is 4.59. The van der Waals surface area contributed by atoms with Crippen molar-refractivity contribution in [3.05, 3.63) is 29.6 Å². The van der Waals surface area contributed by atoms with E-state index in [4.69, 9.17) is 16.3 Å². The monoisotopic (exact) mass is 272 g/mol. The van der Waals surface area contributed by atoms with Crippen LogP contribution in [0.4, 0.5) is 4.39 Å². The first-order valence-corrected chi connectivity index (χ1v) is 7.22. The molecule has 0 saturated heterocycles. The number of para-hydroxylation sites is 1.